The fourth-order valence-corrected chi connectivity index (χ4v) is 2.50. The fraction of sp³-hybridized carbons (Fsp3) is 0.231. The van der Waals surface area contributed by atoms with Gasteiger partial charge in [0.1, 0.15) is 0 Å². The first-order valence-electron chi connectivity index (χ1n) is 5.47. The molecule has 0 saturated carbocycles. The summed E-state index contributed by atoms with van der Waals surface area (Å²) in [7, 11) is 0. The minimum absolute atomic E-state index is 0.210. The molecule has 5 heteroatoms. The number of hydrogen-bond acceptors (Lipinski definition) is 2. The number of carbonyl (C=O) groups excluding carboxylic acids is 1. The van der Waals surface area contributed by atoms with Crippen molar-refractivity contribution in [3.63, 3.8) is 0 Å². The van der Waals surface area contributed by atoms with Crippen molar-refractivity contribution in [2.45, 2.75) is 18.2 Å². The second kappa shape index (κ2) is 4.94. The number of H-pyrrole nitrogens is 1. The van der Waals surface area contributed by atoms with Crippen LogP contribution in [0, 0.1) is 6.92 Å². The molecule has 0 aliphatic rings. The van der Waals surface area contributed by atoms with E-state index in [1.165, 1.54) is 0 Å². The van der Waals surface area contributed by atoms with Crippen LogP contribution in [0.1, 0.15) is 22.3 Å². The summed E-state index contributed by atoms with van der Waals surface area (Å²) in [5, 5.41) is 9.57. The molecule has 0 radical (unpaired) electrons. The summed E-state index contributed by atoms with van der Waals surface area (Å²) in [6.07, 6.45) is 1.41. The van der Waals surface area contributed by atoms with Gasteiger partial charge in [-0.25, -0.2) is 0 Å². The van der Waals surface area contributed by atoms with Gasteiger partial charge in [0, 0.05) is 22.7 Å². The maximum absolute atomic E-state index is 12.2. The molecule has 0 spiro atoms. The van der Waals surface area contributed by atoms with E-state index in [1.807, 2.05) is 25.1 Å². The van der Waals surface area contributed by atoms with E-state index in [0.29, 0.717) is 5.56 Å². The van der Waals surface area contributed by atoms with Crippen LogP contribution in [0.2, 0.25) is 0 Å². The van der Waals surface area contributed by atoms with Crippen molar-refractivity contribution in [2.75, 3.05) is 0 Å². The summed E-state index contributed by atoms with van der Waals surface area (Å²) in [5.41, 5.74) is 2.41. The average molecular weight is 310 g/mol. The van der Waals surface area contributed by atoms with Crippen LogP contribution in [0.15, 0.2) is 24.4 Å². The smallest absolute Gasteiger partial charge is 0.304 e. The third kappa shape index (κ3) is 2.31. The number of rotatable bonds is 4. The van der Waals surface area contributed by atoms with Gasteiger partial charge in [-0.05, 0) is 18.6 Å². The lowest BCUT2D eigenvalue weighted by molar-refractivity contribution is -0.136. The van der Waals surface area contributed by atoms with Gasteiger partial charge in [0.25, 0.3) is 0 Å². The molecule has 1 aromatic carbocycles. The van der Waals surface area contributed by atoms with Gasteiger partial charge in [0.2, 0.25) is 0 Å². The normalized spacial score (nSPS) is 12.6. The Morgan fingerprint density at radius 1 is 1.44 bits per heavy atom. The Kier molecular flexibility index (Phi) is 3.52. The van der Waals surface area contributed by atoms with Crippen molar-refractivity contribution >= 4 is 38.6 Å². The SMILES string of the molecule is Cc1cccc2[nH]cc(C(=O)C(Br)CC(=O)O)c12. The van der Waals surface area contributed by atoms with Crippen LogP contribution in [-0.2, 0) is 4.79 Å². The molecule has 0 amide bonds. The molecule has 1 unspecified atom stereocenters. The number of benzene rings is 1. The monoisotopic (exact) mass is 309 g/mol. The maximum atomic E-state index is 12.2. The van der Waals surface area contributed by atoms with Gasteiger partial charge in [0.05, 0.1) is 11.2 Å². The van der Waals surface area contributed by atoms with Crippen molar-refractivity contribution < 1.29 is 14.7 Å². The van der Waals surface area contributed by atoms with Gasteiger partial charge in [-0.15, -0.1) is 0 Å². The third-order valence-electron chi connectivity index (χ3n) is 2.82. The summed E-state index contributed by atoms with van der Waals surface area (Å²) in [4.78, 5) is 25.1. The molecule has 0 aliphatic heterocycles. The van der Waals surface area contributed by atoms with E-state index in [9.17, 15) is 9.59 Å². The number of aromatic amines is 1. The van der Waals surface area contributed by atoms with Crippen LogP contribution in [0.3, 0.4) is 0 Å². The molecule has 1 heterocycles. The molecule has 0 saturated heterocycles. The second-order valence-electron chi connectivity index (χ2n) is 4.13. The topological polar surface area (TPSA) is 70.2 Å². The Morgan fingerprint density at radius 3 is 2.83 bits per heavy atom. The van der Waals surface area contributed by atoms with Gasteiger partial charge >= 0.3 is 5.97 Å². The number of aliphatic carboxylic acids is 1. The van der Waals surface area contributed by atoms with Crippen LogP contribution >= 0.6 is 15.9 Å². The fourth-order valence-electron chi connectivity index (χ4n) is 1.98. The highest BCUT2D eigenvalue weighted by molar-refractivity contribution is 9.10. The zero-order valence-electron chi connectivity index (χ0n) is 9.74. The number of aromatic nitrogens is 1. The van der Waals surface area contributed by atoms with E-state index in [0.717, 1.165) is 16.5 Å². The Hall–Kier alpha value is -1.62. The van der Waals surface area contributed by atoms with Gasteiger partial charge < -0.3 is 10.1 Å². The molecular weight excluding hydrogens is 298 g/mol. The van der Waals surface area contributed by atoms with Crippen LogP contribution in [0.5, 0.6) is 0 Å². The van der Waals surface area contributed by atoms with E-state index >= 15 is 0 Å². The summed E-state index contributed by atoms with van der Waals surface area (Å²) >= 11 is 3.13. The highest BCUT2D eigenvalue weighted by atomic mass is 79.9. The second-order valence-corrected chi connectivity index (χ2v) is 5.23. The molecule has 1 atom stereocenters. The Morgan fingerprint density at radius 2 is 2.17 bits per heavy atom. The molecular formula is C13H12BrNO3. The number of nitrogens with one attached hydrogen (secondary N) is 1. The Balaban J connectivity index is 2.42. The number of fused-ring (bicyclic) bond motifs is 1. The van der Waals surface area contributed by atoms with Crippen LogP contribution < -0.4 is 0 Å². The number of aryl methyl sites for hydroxylation is 1. The number of alkyl halides is 1. The van der Waals surface area contributed by atoms with Gasteiger partial charge in [0.15, 0.2) is 5.78 Å². The number of ketones is 1. The number of carbonyl (C=O) groups is 2. The molecule has 0 aliphatic carbocycles. The standard InChI is InChI=1S/C13H12BrNO3/c1-7-3-2-4-10-12(7)8(6-15-10)13(18)9(14)5-11(16)17/h2-4,6,9,15H,5H2,1H3,(H,16,17). The maximum Gasteiger partial charge on any atom is 0.304 e. The molecule has 2 rings (SSSR count). The molecule has 0 bridgehead atoms. The van der Waals surface area contributed by atoms with Crippen molar-refractivity contribution in [2.24, 2.45) is 0 Å². The molecule has 4 nitrogen and oxygen atoms in total. The first-order chi connectivity index (χ1) is 8.50. The lowest BCUT2D eigenvalue weighted by Crippen LogP contribution is -2.18. The zero-order chi connectivity index (χ0) is 13.3. The minimum atomic E-state index is -0.998. The largest absolute Gasteiger partial charge is 0.481 e. The molecule has 1 aromatic heterocycles. The highest BCUT2D eigenvalue weighted by Gasteiger charge is 2.23. The molecule has 0 fully saturated rings. The molecule has 2 aromatic rings. The van der Waals surface area contributed by atoms with Crippen molar-refractivity contribution in [1.29, 1.82) is 0 Å². The summed E-state index contributed by atoms with van der Waals surface area (Å²) in [6.45, 7) is 1.92. The van der Waals surface area contributed by atoms with E-state index in [4.69, 9.17) is 5.11 Å². The average Bonchev–Trinajstić information content (AvgIpc) is 2.72. The molecule has 18 heavy (non-hydrogen) atoms. The lowest BCUT2D eigenvalue weighted by atomic mass is 10.0. The van der Waals surface area contributed by atoms with E-state index in [1.54, 1.807) is 6.20 Å². The lowest BCUT2D eigenvalue weighted by Gasteiger charge is -2.06. The Bertz CT molecular complexity index is 618. The van der Waals surface area contributed by atoms with E-state index in [2.05, 4.69) is 20.9 Å². The first-order valence-corrected chi connectivity index (χ1v) is 6.39. The molecule has 94 valence electrons. The highest BCUT2D eigenvalue weighted by Crippen LogP contribution is 2.25. The van der Waals surface area contributed by atoms with Crippen LogP contribution in [0.25, 0.3) is 10.9 Å². The van der Waals surface area contributed by atoms with E-state index < -0.39 is 10.8 Å². The van der Waals surface area contributed by atoms with Gasteiger partial charge in [-0.1, -0.05) is 28.1 Å². The number of carboxylic acids is 1. The summed E-state index contributed by atoms with van der Waals surface area (Å²) in [6, 6.07) is 5.72. The van der Waals surface area contributed by atoms with Gasteiger partial charge in [-0.2, -0.15) is 0 Å². The minimum Gasteiger partial charge on any atom is -0.481 e. The van der Waals surface area contributed by atoms with E-state index in [-0.39, 0.29) is 12.2 Å². The summed E-state index contributed by atoms with van der Waals surface area (Å²) < 4.78 is 0. The van der Waals surface area contributed by atoms with Crippen molar-refractivity contribution in [1.82, 2.24) is 4.98 Å². The zero-order valence-corrected chi connectivity index (χ0v) is 11.3. The molecule has 2 N–H and O–H groups in total. The number of carboxylic acid groups (broad SMARTS) is 1. The predicted molar refractivity (Wildman–Crippen MR) is 72.3 cm³/mol. The number of halogens is 1. The van der Waals surface area contributed by atoms with Crippen LogP contribution in [-0.4, -0.2) is 26.7 Å². The Labute approximate surface area is 112 Å². The first kappa shape index (κ1) is 12.8. The summed E-state index contributed by atoms with van der Waals surface area (Å²) in [5.74, 6) is -1.21. The predicted octanol–water partition coefficient (Wildman–Crippen LogP) is 2.90. The van der Waals surface area contributed by atoms with Crippen molar-refractivity contribution in [3.05, 3.63) is 35.5 Å². The quantitative estimate of drug-likeness (QED) is 0.674. The number of hydrogen-bond donors (Lipinski definition) is 2. The van der Waals surface area contributed by atoms with Crippen LogP contribution in [0.4, 0.5) is 0 Å². The number of Topliss-reactive ketones (excluding diaryl/α,β-unsaturated/α-hetero) is 1. The third-order valence-corrected chi connectivity index (χ3v) is 3.56. The van der Waals surface area contributed by atoms with Gasteiger partial charge in [-0.3, -0.25) is 9.59 Å². The van der Waals surface area contributed by atoms with Crippen molar-refractivity contribution in [3.8, 4) is 0 Å².